The van der Waals surface area contributed by atoms with Crippen molar-refractivity contribution in [3.05, 3.63) is 12.7 Å². The second-order valence-electron chi connectivity index (χ2n) is 3.78. The van der Waals surface area contributed by atoms with E-state index in [9.17, 15) is 4.79 Å². The maximum Gasteiger partial charge on any atom is 0.136 e. The predicted molar refractivity (Wildman–Crippen MR) is 50.9 cm³/mol. The van der Waals surface area contributed by atoms with Gasteiger partial charge in [0, 0.05) is 12.3 Å². The number of hydrogen-bond donors (Lipinski definition) is 0. The smallest absolute Gasteiger partial charge is 0.136 e. The lowest BCUT2D eigenvalue weighted by Gasteiger charge is -2.05. The first-order valence-electron chi connectivity index (χ1n) is 4.91. The van der Waals surface area contributed by atoms with E-state index in [1.54, 1.807) is 0 Å². The van der Waals surface area contributed by atoms with Crippen molar-refractivity contribution in [2.45, 2.75) is 39.0 Å². The number of ketones is 1. The van der Waals surface area contributed by atoms with Crippen molar-refractivity contribution in [3.63, 3.8) is 0 Å². The predicted octanol–water partition coefficient (Wildman–Crippen LogP) is 2.96. The van der Waals surface area contributed by atoms with Crippen LogP contribution in [0, 0.1) is 11.8 Å². The van der Waals surface area contributed by atoms with Gasteiger partial charge >= 0.3 is 0 Å². The molecule has 0 aliphatic heterocycles. The van der Waals surface area contributed by atoms with Crippen LogP contribution in [-0.4, -0.2) is 5.78 Å². The lowest BCUT2D eigenvalue weighted by Crippen LogP contribution is -2.03. The van der Waals surface area contributed by atoms with Crippen LogP contribution in [0.4, 0.5) is 0 Å². The molecule has 1 aliphatic carbocycles. The fourth-order valence-electron chi connectivity index (χ4n) is 2.13. The van der Waals surface area contributed by atoms with Crippen molar-refractivity contribution < 1.29 is 4.79 Å². The van der Waals surface area contributed by atoms with Crippen LogP contribution in [0.1, 0.15) is 39.0 Å². The summed E-state index contributed by atoms with van der Waals surface area (Å²) in [5, 5.41) is 0. The van der Waals surface area contributed by atoms with Crippen LogP contribution in [0.2, 0.25) is 0 Å². The first kappa shape index (κ1) is 9.50. The fourth-order valence-corrected chi connectivity index (χ4v) is 2.13. The van der Waals surface area contributed by atoms with Gasteiger partial charge in [-0.15, -0.1) is 6.58 Å². The molecule has 2 atom stereocenters. The summed E-state index contributed by atoms with van der Waals surface area (Å²) in [4.78, 5) is 11.4. The quantitative estimate of drug-likeness (QED) is 0.587. The van der Waals surface area contributed by atoms with E-state index < -0.39 is 0 Å². The van der Waals surface area contributed by atoms with Gasteiger partial charge in [0.2, 0.25) is 0 Å². The summed E-state index contributed by atoms with van der Waals surface area (Å²) >= 11 is 0. The van der Waals surface area contributed by atoms with Gasteiger partial charge in [-0.05, 0) is 18.8 Å². The third kappa shape index (κ3) is 2.20. The van der Waals surface area contributed by atoms with Crippen LogP contribution < -0.4 is 0 Å². The van der Waals surface area contributed by atoms with Crippen molar-refractivity contribution >= 4 is 5.78 Å². The molecule has 0 saturated heterocycles. The zero-order valence-electron chi connectivity index (χ0n) is 7.88. The van der Waals surface area contributed by atoms with E-state index in [-0.39, 0.29) is 0 Å². The first-order valence-corrected chi connectivity index (χ1v) is 4.91. The standard InChI is InChI=1S/C11H18O/c1-3-5-9-7-10(6-4-2)11(12)8-9/h4,9-10H,2-3,5-8H2,1H3. The number of carbonyl (C=O) groups excluding carboxylic acids is 1. The Morgan fingerprint density at radius 1 is 1.67 bits per heavy atom. The molecule has 1 heteroatoms. The van der Waals surface area contributed by atoms with Crippen LogP contribution in [-0.2, 0) is 4.79 Å². The highest BCUT2D eigenvalue weighted by molar-refractivity contribution is 5.83. The van der Waals surface area contributed by atoms with Crippen LogP contribution >= 0.6 is 0 Å². The number of hydrogen-bond acceptors (Lipinski definition) is 1. The van der Waals surface area contributed by atoms with E-state index in [0.29, 0.717) is 17.6 Å². The summed E-state index contributed by atoms with van der Waals surface area (Å²) in [5.74, 6) is 1.44. The Kier molecular flexibility index (Phi) is 3.51. The minimum atomic E-state index is 0.305. The summed E-state index contributed by atoms with van der Waals surface area (Å²) in [6, 6.07) is 0. The lowest BCUT2D eigenvalue weighted by molar-refractivity contribution is -0.120. The van der Waals surface area contributed by atoms with Gasteiger partial charge in [-0.1, -0.05) is 25.8 Å². The van der Waals surface area contributed by atoms with Gasteiger partial charge in [0.25, 0.3) is 0 Å². The Morgan fingerprint density at radius 2 is 2.42 bits per heavy atom. The lowest BCUT2D eigenvalue weighted by atomic mass is 9.99. The molecular weight excluding hydrogens is 148 g/mol. The topological polar surface area (TPSA) is 17.1 Å². The van der Waals surface area contributed by atoms with Crippen molar-refractivity contribution in [2.75, 3.05) is 0 Å². The summed E-state index contributed by atoms with van der Waals surface area (Å²) < 4.78 is 0. The van der Waals surface area contributed by atoms with Gasteiger partial charge in [0.15, 0.2) is 0 Å². The highest BCUT2D eigenvalue weighted by Gasteiger charge is 2.30. The molecule has 0 bridgehead atoms. The summed E-state index contributed by atoms with van der Waals surface area (Å²) in [5.41, 5.74) is 0. The molecule has 12 heavy (non-hydrogen) atoms. The molecule has 0 aromatic carbocycles. The zero-order chi connectivity index (χ0) is 8.97. The van der Waals surface area contributed by atoms with Gasteiger partial charge in [0.05, 0.1) is 0 Å². The molecule has 0 heterocycles. The first-order chi connectivity index (χ1) is 5.77. The van der Waals surface area contributed by atoms with Gasteiger partial charge < -0.3 is 0 Å². The number of allylic oxidation sites excluding steroid dienone is 1. The zero-order valence-corrected chi connectivity index (χ0v) is 7.88. The fraction of sp³-hybridized carbons (Fsp3) is 0.727. The molecule has 1 fully saturated rings. The van der Waals surface area contributed by atoms with Crippen LogP contribution in [0.25, 0.3) is 0 Å². The van der Waals surface area contributed by atoms with Crippen LogP contribution in [0.15, 0.2) is 12.7 Å². The maximum absolute atomic E-state index is 11.4. The van der Waals surface area contributed by atoms with Gasteiger partial charge in [0.1, 0.15) is 5.78 Å². The maximum atomic E-state index is 11.4. The Bertz CT molecular complexity index is 172. The molecule has 1 nitrogen and oxygen atoms in total. The van der Waals surface area contributed by atoms with E-state index in [4.69, 9.17) is 0 Å². The number of carbonyl (C=O) groups is 1. The number of rotatable bonds is 4. The van der Waals surface area contributed by atoms with E-state index >= 15 is 0 Å². The summed E-state index contributed by atoms with van der Waals surface area (Å²) in [7, 11) is 0. The molecular formula is C11H18O. The van der Waals surface area contributed by atoms with Crippen molar-refractivity contribution in [3.8, 4) is 0 Å². The molecule has 0 aromatic heterocycles. The minimum Gasteiger partial charge on any atom is -0.299 e. The highest BCUT2D eigenvalue weighted by Crippen LogP contribution is 2.32. The van der Waals surface area contributed by atoms with Crippen molar-refractivity contribution in [1.29, 1.82) is 0 Å². The normalized spacial score (nSPS) is 29.2. The minimum absolute atomic E-state index is 0.305. The average molecular weight is 166 g/mol. The molecule has 2 unspecified atom stereocenters. The highest BCUT2D eigenvalue weighted by atomic mass is 16.1. The second-order valence-corrected chi connectivity index (χ2v) is 3.78. The Hall–Kier alpha value is -0.590. The Labute approximate surface area is 74.9 Å². The molecule has 1 aliphatic rings. The molecule has 0 spiro atoms. The molecule has 0 N–H and O–H groups in total. The summed E-state index contributed by atoms with van der Waals surface area (Å²) in [6.45, 7) is 5.86. The Balaban J connectivity index is 2.38. The molecule has 0 amide bonds. The molecule has 68 valence electrons. The van der Waals surface area contributed by atoms with Gasteiger partial charge in [-0.25, -0.2) is 0 Å². The third-order valence-corrected chi connectivity index (χ3v) is 2.71. The molecule has 0 aromatic rings. The van der Waals surface area contributed by atoms with Gasteiger partial charge in [-0.3, -0.25) is 4.79 Å². The van der Waals surface area contributed by atoms with Gasteiger partial charge in [-0.2, -0.15) is 0 Å². The van der Waals surface area contributed by atoms with E-state index in [1.807, 2.05) is 6.08 Å². The second kappa shape index (κ2) is 4.44. The molecule has 1 saturated carbocycles. The SMILES string of the molecule is C=CCC1CC(CCC)CC1=O. The molecule has 0 radical (unpaired) electrons. The monoisotopic (exact) mass is 166 g/mol. The van der Waals surface area contributed by atoms with Crippen LogP contribution in [0.3, 0.4) is 0 Å². The number of Topliss-reactive ketones (excluding diaryl/α,β-unsaturated/α-hetero) is 1. The van der Waals surface area contributed by atoms with Crippen LogP contribution in [0.5, 0.6) is 0 Å². The molecule has 1 rings (SSSR count). The largest absolute Gasteiger partial charge is 0.299 e. The third-order valence-electron chi connectivity index (χ3n) is 2.71. The Morgan fingerprint density at radius 3 is 3.00 bits per heavy atom. The van der Waals surface area contributed by atoms with E-state index in [0.717, 1.165) is 19.3 Å². The van der Waals surface area contributed by atoms with E-state index in [1.165, 1.54) is 12.8 Å². The van der Waals surface area contributed by atoms with E-state index in [2.05, 4.69) is 13.5 Å². The van der Waals surface area contributed by atoms with Crippen molar-refractivity contribution in [1.82, 2.24) is 0 Å². The summed E-state index contributed by atoms with van der Waals surface area (Å²) in [6.07, 6.45) is 7.12. The van der Waals surface area contributed by atoms with Crippen molar-refractivity contribution in [2.24, 2.45) is 11.8 Å². The average Bonchev–Trinajstić information content (AvgIpc) is 2.34.